The molecule has 2 N–H and O–H groups in total. The molecule has 0 spiro atoms. The van der Waals surface area contributed by atoms with E-state index in [-0.39, 0.29) is 0 Å². The van der Waals surface area contributed by atoms with Gasteiger partial charge < -0.3 is 10.2 Å². The average molecular weight is 356 g/mol. The largest absolute Gasteiger partial charge is 0.353 e. The summed E-state index contributed by atoms with van der Waals surface area (Å²) in [6, 6.07) is 0. The van der Waals surface area contributed by atoms with Crippen molar-refractivity contribution in [3.8, 4) is 0 Å². The molecular weight excluding hydrogens is 310 g/mol. The zero-order chi connectivity index (χ0) is 18.8. The van der Waals surface area contributed by atoms with Crippen LogP contribution in [0.25, 0.3) is 0 Å². The number of rotatable bonds is 18. The van der Waals surface area contributed by atoms with Gasteiger partial charge in [0.05, 0.1) is 0 Å². The molecule has 150 valence electrons. The van der Waals surface area contributed by atoms with Gasteiger partial charge in [-0.2, -0.15) is 0 Å². The molecule has 0 rings (SSSR count). The Labute approximate surface area is 157 Å². The van der Waals surface area contributed by atoms with Gasteiger partial charge in [0.25, 0.3) is 0 Å². The smallest absolute Gasteiger partial charge is 0.221 e. The zero-order valence-electron chi connectivity index (χ0n) is 17.3. The Hall–Kier alpha value is -0.380. The maximum atomic E-state index is 9.58. The van der Waals surface area contributed by atoms with E-state index in [1.54, 1.807) is 4.90 Å². The minimum Gasteiger partial charge on any atom is -0.353 e. The SMILES string of the molecule is CCCCCCCC/C=C\CCCCCCCCN(CC)C(C)(O)O. The van der Waals surface area contributed by atoms with Gasteiger partial charge in [-0.25, -0.2) is 0 Å². The summed E-state index contributed by atoms with van der Waals surface area (Å²) >= 11 is 0. The molecule has 25 heavy (non-hydrogen) atoms. The van der Waals surface area contributed by atoms with Crippen LogP contribution in [0.1, 0.15) is 111 Å². The third-order valence-corrected chi connectivity index (χ3v) is 4.92. The van der Waals surface area contributed by atoms with Gasteiger partial charge in [-0.05, 0) is 32.1 Å². The normalized spacial score (nSPS) is 12.6. The van der Waals surface area contributed by atoms with E-state index < -0.39 is 5.91 Å². The number of hydrogen-bond donors (Lipinski definition) is 2. The third-order valence-electron chi connectivity index (χ3n) is 4.92. The molecule has 0 aromatic heterocycles. The van der Waals surface area contributed by atoms with Crippen molar-refractivity contribution < 1.29 is 10.2 Å². The molecule has 3 nitrogen and oxygen atoms in total. The molecule has 0 bridgehead atoms. The Morgan fingerprint density at radius 3 is 1.56 bits per heavy atom. The van der Waals surface area contributed by atoms with Crippen LogP contribution in [0.15, 0.2) is 12.2 Å². The van der Waals surface area contributed by atoms with Crippen LogP contribution in [0.2, 0.25) is 0 Å². The first-order valence-electron chi connectivity index (χ1n) is 10.9. The number of nitrogens with zero attached hydrogens (tertiary/aromatic N) is 1. The van der Waals surface area contributed by atoms with E-state index in [4.69, 9.17) is 0 Å². The van der Waals surface area contributed by atoms with Gasteiger partial charge in [-0.1, -0.05) is 83.8 Å². The second-order valence-electron chi connectivity index (χ2n) is 7.49. The first kappa shape index (κ1) is 24.6. The quantitative estimate of drug-likeness (QED) is 0.180. The van der Waals surface area contributed by atoms with Crippen molar-refractivity contribution in [2.24, 2.45) is 0 Å². The topological polar surface area (TPSA) is 43.7 Å². The fraction of sp³-hybridized carbons (Fsp3) is 0.909. The molecule has 0 aromatic carbocycles. The highest BCUT2D eigenvalue weighted by atomic mass is 16.5. The van der Waals surface area contributed by atoms with Crippen molar-refractivity contribution >= 4 is 0 Å². The Morgan fingerprint density at radius 2 is 1.12 bits per heavy atom. The van der Waals surface area contributed by atoms with Gasteiger partial charge in [0.1, 0.15) is 0 Å². The van der Waals surface area contributed by atoms with Crippen LogP contribution in [-0.2, 0) is 0 Å². The first-order valence-corrected chi connectivity index (χ1v) is 10.9. The van der Waals surface area contributed by atoms with Crippen LogP contribution in [-0.4, -0.2) is 34.1 Å². The molecular formula is C22H45NO2. The van der Waals surface area contributed by atoms with Crippen molar-refractivity contribution in [1.29, 1.82) is 0 Å². The fourth-order valence-electron chi connectivity index (χ4n) is 3.22. The summed E-state index contributed by atoms with van der Waals surface area (Å²) in [6.07, 6.45) is 22.9. The van der Waals surface area contributed by atoms with E-state index in [0.29, 0.717) is 6.54 Å². The first-order chi connectivity index (χ1) is 12.0. The minimum atomic E-state index is -1.67. The van der Waals surface area contributed by atoms with E-state index >= 15 is 0 Å². The third kappa shape index (κ3) is 16.8. The Bertz CT molecular complexity index is 297. The molecule has 0 heterocycles. The monoisotopic (exact) mass is 355 g/mol. The lowest BCUT2D eigenvalue weighted by Crippen LogP contribution is -2.46. The van der Waals surface area contributed by atoms with Crippen molar-refractivity contribution in [2.45, 2.75) is 117 Å². The molecule has 0 atom stereocenters. The van der Waals surface area contributed by atoms with Crippen molar-refractivity contribution in [3.63, 3.8) is 0 Å². The van der Waals surface area contributed by atoms with Crippen molar-refractivity contribution in [3.05, 3.63) is 12.2 Å². The van der Waals surface area contributed by atoms with Gasteiger partial charge in [0.2, 0.25) is 5.91 Å². The van der Waals surface area contributed by atoms with E-state index in [9.17, 15) is 10.2 Å². The fourth-order valence-corrected chi connectivity index (χ4v) is 3.22. The van der Waals surface area contributed by atoms with Crippen molar-refractivity contribution in [2.75, 3.05) is 13.1 Å². The van der Waals surface area contributed by atoms with E-state index in [2.05, 4.69) is 19.1 Å². The van der Waals surface area contributed by atoms with E-state index in [1.165, 1.54) is 90.4 Å². The maximum Gasteiger partial charge on any atom is 0.221 e. The van der Waals surface area contributed by atoms with Crippen LogP contribution < -0.4 is 0 Å². The molecule has 0 amide bonds. The standard InChI is InChI=1S/C22H45NO2/c1-4-6-7-8-9-10-11-12-13-14-15-16-17-18-19-20-21-23(5-2)22(3,24)25/h12-13,24-25H,4-11,14-21H2,1-3H3/b13-12-. The predicted octanol–water partition coefficient (Wildman–Crippen LogP) is 6.00. The summed E-state index contributed by atoms with van der Waals surface area (Å²) in [5.74, 6) is -1.67. The Balaban J connectivity index is 3.29. The van der Waals surface area contributed by atoms with Crippen LogP contribution in [0.4, 0.5) is 0 Å². The number of allylic oxidation sites excluding steroid dienone is 2. The van der Waals surface area contributed by atoms with Crippen LogP contribution in [0, 0.1) is 0 Å². The lowest BCUT2D eigenvalue weighted by molar-refractivity contribution is -0.249. The molecule has 0 aliphatic rings. The van der Waals surface area contributed by atoms with E-state index in [0.717, 1.165) is 13.0 Å². The lowest BCUT2D eigenvalue weighted by atomic mass is 10.1. The predicted molar refractivity (Wildman–Crippen MR) is 110 cm³/mol. The molecule has 0 aromatic rings. The zero-order valence-corrected chi connectivity index (χ0v) is 17.3. The highest BCUT2D eigenvalue weighted by Crippen LogP contribution is 2.12. The average Bonchev–Trinajstić information content (AvgIpc) is 2.56. The highest BCUT2D eigenvalue weighted by Gasteiger charge is 2.23. The molecule has 0 saturated heterocycles. The van der Waals surface area contributed by atoms with Gasteiger partial charge in [-0.3, -0.25) is 4.90 Å². The molecule has 3 heteroatoms. The molecule has 0 radical (unpaired) electrons. The number of aliphatic hydroxyl groups is 2. The Kier molecular flexibility index (Phi) is 16.8. The van der Waals surface area contributed by atoms with Crippen LogP contribution in [0.5, 0.6) is 0 Å². The summed E-state index contributed by atoms with van der Waals surface area (Å²) in [4.78, 5) is 1.71. The maximum absolute atomic E-state index is 9.58. The molecule has 0 aliphatic heterocycles. The summed E-state index contributed by atoms with van der Waals surface area (Å²) in [5, 5.41) is 19.2. The molecule has 0 aliphatic carbocycles. The van der Waals surface area contributed by atoms with Gasteiger partial charge >= 0.3 is 0 Å². The molecule has 0 fully saturated rings. The minimum absolute atomic E-state index is 0.675. The summed E-state index contributed by atoms with van der Waals surface area (Å²) in [7, 11) is 0. The summed E-state index contributed by atoms with van der Waals surface area (Å²) in [5.41, 5.74) is 0. The van der Waals surface area contributed by atoms with Crippen LogP contribution in [0.3, 0.4) is 0 Å². The van der Waals surface area contributed by atoms with E-state index in [1.807, 2.05) is 6.92 Å². The van der Waals surface area contributed by atoms with Crippen molar-refractivity contribution in [1.82, 2.24) is 4.90 Å². The second kappa shape index (κ2) is 17.1. The summed E-state index contributed by atoms with van der Waals surface area (Å²) in [6.45, 7) is 7.11. The highest BCUT2D eigenvalue weighted by molar-refractivity contribution is 4.81. The summed E-state index contributed by atoms with van der Waals surface area (Å²) < 4.78 is 0. The van der Waals surface area contributed by atoms with Gasteiger partial charge in [0, 0.05) is 20.0 Å². The van der Waals surface area contributed by atoms with Gasteiger partial charge in [0.15, 0.2) is 0 Å². The lowest BCUT2D eigenvalue weighted by Gasteiger charge is -2.31. The van der Waals surface area contributed by atoms with Crippen LogP contribution >= 0.6 is 0 Å². The molecule has 0 saturated carbocycles. The number of hydrogen-bond acceptors (Lipinski definition) is 3. The number of unbranched alkanes of at least 4 members (excludes halogenated alkanes) is 12. The second-order valence-corrected chi connectivity index (χ2v) is 7.49. The Morgan fingerprint density at radius 1 is 0.680 bits per heavy atom. The van der Waals surface area contributed by atoms with Gasteiger partial charge in [-0.15, -0.1) is 0 Å². The molecule has 0 unspecified atom stereocenters.